The van der Waals surface area contributed by atoms with Crippen molar-refractivity contribution in [2.24, 2.45) is 0 Å². The summed E-state index contributed by atoms with van der Waals surface area (Å²) in [4.78, 5) is 10.6. The van der Waals surface area contributed by atoms with Gasteiger partial charge in [-0.2, -0.15) is 4.80 Å². The number of methoxy groups -OCH3 is 1. The zero-order valence-electron chi connectivity index (χ0n) is 14.8. The van der Waals surface area contributed by atoms with Crippen molar-refractivity contribution < 1.29 is 4.74 Å². The Morgan fingerprint density at radius 2 is 1.88 bits per heavy atom. The summed E-state index contributed by atoms with van der Waals surface area (Å²) in [5.41, 5.74) is 0.967. The zero-order chi connectivity index (χ0) is 17.2. The summed E-state index contributed by atoms with van der Waals surface area (Å²) >= 11 is 0. The lowest BCUT2D eigenvalue weighted by Gasteiger charge is -2.35. The number of tetrazole rings is 1. The van der Waals surface area contributed by atoms with Crippen LogP contribution in [0.1, 0.15) is 26.6 Å². The standard InChI is InChI=1S/C16H25N7O/c1-16(2,3)23-19-15(18-20-23)12-21-5-7-22(8-6-21)13-9-14(24-4)11-17-10-13/h9-11H,5-8,12H2,1-4H3. The maximum absolute atomic E-state index is 5.25. The lowest BCUT2D eigenvalue weighted by Crippen LogP contribution is -2.46. The van der Waals surface area contributed by atoms with E-state index in [0.29, 0.717) is 0 Å². The highest BCUT2D eigenvalue weighted by molar-refractivity contribution is 5.48. The molecule has 1 aliphatic heterocycles. The van der Waals surface area contributed by atoms with Crippen LogP contribution in [0.4, 0.5) is 5.69 Å². The molecule has 8 nitrogen and oxygen atoms in total. The summed E-state index contributed by atoms with van der Waals surface area (Å²) in [5, 5.41) is 12.8. The Balaban J connectivity index is 1.56. The second kappa shape index (κ2) is 6.72. The Kier molecular flexibility index (Phi) is 4.66. The van der Waals surface area contributed by atoms with Crippen LogP contribution in [0.5, 0.6) is 5.75 Å². The van der Waals surface area contributed by atoms with Gasteiger partial charge in [0, 0.05) is 32.2 Å². The van der Waals surface area contributed by atoms with Crippen molar-refractivity contribution in [1.29, 1.82) is 0 Å². The molecule has 24 heavy (non-hydrogen) atoms. The van der Waals surface area contributed by atoms with E-state index in [9.17, 15) is 0 Å². The summed E-state index contributed by atoms with van der Waals surface area (Å²) in [6, 6.07) is 2.03. The number of piperazine rings is 1. The second-order valence-corrected chi connectivity index (χ2v) is 7.01. The highest BCUT2D eigenvalue weighted by atomic mass is 16.5. The average Bonchev–Trinajstić information content (AvgIpc) is 3.04. The van der Waals surface area contributed by atoms with Crippen molar-refractivity contribution >= 4 is 5.69 Å². The molecule has 2 aromatic rings. The average molecular weight is 331 g/mol. The molecule has 0 atom stereocenters. The van der Waals surface area contributed by atoms with Crippen molar-refractivity contribution in [2.75, 3.05) is 38.2 Å². The molecule has 3 rings (SSSR count). The molecule has 0 radical (unpaired) electrons. The van der Waals surface area contributed by atoms with Crippen LogP contribution in [-0.4, -0.2) is 63.4 Å². The zero-order valence-corrected chi connectivity index (χ0v) is 14.8. The van der Waals surface area contributed by atoms with Crippen LogP contribution in [0.15, 0.2) is 18.5 Å². The molecule has 2 aromatic heterocycles. The van der Waals surface area contributed by atoms with E-state index < -0.39 is 0 Å². The highest BCUT2D eigenvalue weighted by Gasteiger charge is 2.21. The molecule has 1 aliphatic rings. The fraction of sp³-hybridized carbons (Fsp3) is 0.625. The van der Waals surface area contributed by atoms with Crippen LogP contribution in [0, 0.1) is 0 Å². The van der Waals surface area contributed by atoms with E-state index in [0.717, 1.165) is 50.0 Å². The third kappa shape index (κ3) is 3.81. The molecule has 0 unspecified atom stereocenters. The van der Waals surface area contributed by atoms with Crippen LogP contribution in [0.25, 0.3) is 0 Å². The number of hydrogen-bond acceptors (Lipinski definition) is 7. The van der Waals surface area contributed by atoms with Crippen LogP contribution in [0.3, 0.4) is 0 Å². The number of pyridine rings is 1. The molecule has 0 amide bonds. The van der Waals surface area contributed by atoms with E-state index in [2.05, 4.69) is 51.0 Å². The van der Waals surface area contributed by atoms with Gasteiger partial charge in [-0.15, -0.1) is 10.2 Å². The molecular formula is C16H25N7O. The maximum Gasteiger partial charge on any atom is 0.188 e. The Bertz CT molecular complexity index is 671. The summed E-state index contributed by atoms with van der Waals surface area (Å²) in [6.07, 6.45) is 3.61. The lowest BCUT2D eigenvalue weighted by atomic mass is 10.1. The number of rotatable bonds is 4. The first kappa shape index (κ1) is 16.6. The van der Waals surface area contributed by atoms with Gasteiger partial charge in [-0.05, 0) is 26.0 Å². The van der Waals surface area contributed by atoms with E-state index >= 15 is 0 Å². The molecule has 3 heterocycles. The molecule has 0 aromatic carbocycles. The lowest BCUT2D eigenvalue weighted by molar-refractivity contribution is 0.241. The van der Waals surface area contributed by atoms with E-state index in [1.165, 1.54) is 0 Å². The molecule has 1 fully saturated rings. The second-order valence-electron chi connectivity index (χ2n) is 7.01. The fourth-order valence-corrected chi connectivity index (χ4v) is 2.65. The molecule has 130 valence electrons. The predicted molar refractivity (Wildman–Crippen MR) is 91.1 cm³/mol. The van der Waals surface area contributed by atoms with Gasteiger partial charge in [0.25, 0.3) is 0 Å². The minimum Gasteiger partial charge on any atom is -0.495 e. The molecule has 0 saturated carbocycles. The van der Waals surface area contributed by atoms with Crippen LogP contribution >= 0.6 is 0 Å². The van der Waals surface area contributed by atoms with E-state index in [-0.39, 0.29) is 5.54 Å². The van der Waals surface area contributed by atoms with Crippen LogP contribution in [0.2, 0.25) is 0 Å². The van der Waals surface area contributed by atoms with Gasteiger partial charge in [0.1, 0.15) is 5.75 Å². The van der Waals surface area contributed by atoms with E-state index in [4.69, 9.17) is 4.74 Å². The van der Waals surface area contributed by atoms with Crippen LogP contribution in [-0.2, 0) is 12.1 Å². The molecule has 1 saturated heterocycles. The van der Waals surface area contributed by atoms with Gasteiger partial charge in [-0.1, -0.05) is 0 Å². The maximum atomic E-state index is 5.25. The van der Waals surface area contributed by atoms with Gasteiger partial charge in [0.15, 0.2) is 5.82 Å². The molecule has 8 heteroatoms. The van der Waals surface area contributed by atoms with Crippen molar-refractivity contribution in [1.82, 2.24) is 30.1 Å². The van der Waals surface area contributed by atoms with Crippen LogP contribution < -0.4 is 9.64 Å². The van der Waals surface area contributed by atoms with Crippen molar-refractivity contribution in [3.63, 3.8) is 0 Å². The van der Waals surface area contributed by atoms with Gasteiger partial charge in [0.2, 0.25) is 0 Å². The largest absolute Gasteiger partial charge is 0.495 e. The quantitative estimate of drug-likeness (QED) is 0.832. The number of ether oxygens (including phenoxy) is 1. The smallest absolute Gasteiger partial charge is 0.188 e. The van der Waals surface area contributed by atoms with E-state index in [1.54, 1.807) is 18.1 Å². The number of aromatic nitrogens is 5. The summed E-state index contributed by atoms with van der Waals surface area (Å²) in [5.74, 6) is 1.57. The molecular weight excluding hydrogens is 306 g/mol. The predicted octanol–water partition coefficient (Wildman–Crippen LogP) is 1.15. The Hall–Kier alpha value is -2.22. The van der Waals surface area contributed by atoms with Crippen molar-refractivity contribution in [3.05, 3.63) is 24.3 Å². The van der Waals surface area contributed by atoms with E-state index in [1.807, 2.05) is 12.3 Å². The van der Waals surface area contributed by atoms with Gasteiger partial charge in [-0.3, -0.25) is 9.88 Å². The SMILES string of the molecule is COc1cncc(N2CCN(Cc3nnn(C(C)(C)C)n3)CC2)c1. The number of hydrogen-bond donors (Lipinski definition) is 0. The van der Waals surface area contributed by atoms with Crippen molar-refractivity contribution in [2.45, 2.75) is 32.9 Å². The summed E-state index contributed by atoms with van der Waals surface area (Å²) in [7, 11) is 1.66. The Morgan fingerprint density at radius 1 is 1.12 bits per heavy atom. The first-order chi connectivity index (χ1) is 11.5. The topological polar surface area (TPSA) is 72.2 Å². The third-order valence-electron chi connectivity index (χ3n) is 4.09. The molecule has 0 N–H and O–H groups in total. The summed E-state index contributed by atoms with van der Waals surface area (Å²) in [6.45, 7) is 10.8. The van der Waals surface area contributed by atoms with Gasteiger partial charge >= 0.3 is 0 Å². The van der Waals surface area contributed by atoms with Gasteiger partial charge in [-0.25, -0.2) is 0 Å². The minimum absolute atomic E-state index is 0.136. The summed E-state index contributed by atoms with van der Waals surface area (Å²) < 4.78 is 5.25. The molecule has 0 aliphatic carbocycles. The highest BCUT2D eigenvalue weighted by Crippen LogP contribution is 2.20. The van der Waals surface area contributed by atoms with Crippen molar-refractivity contribution in [3.8, 4) is 5.75 Å². The first-order valence-corrected chi connectivity index (χ1v) is 8.21. The third-order valence-corrected chi connectivity index (χ3v) is 4.09. The number of nitrogens with zero attached hydrogens (tertiary/aromatic N) is 7. The fourth-order valence-electron chi connectivity index (χ4n) is 2.65. The number of anilines is 1. The minimum atomic E-state index is -0.136. The first-order valence-electron chi connectivity index (χ1n) is 8.21. The Labute approximate surface area is 142 Å². The Morgan fingerprint density at radius 3 is 2.50 bits per heavy atom. The normalized spacial score (nSPS) is 16.4. The van der Waals surface area contributed by atoms with Gasteiger partial charge in [0.05, 0.1) is 37.3 Å². The van der Waals surface area contributed by atoms with Gasteiger partial charge < -0.3 is 9.64 Å². The molecule has 0 bridgehead atoms. The molecule has 0 spiro atoms. The monoisotopic (exact) mass is 331 g/mol.